The number of carbonyl (C=O) groups excluding carboxylic acids is 1. The number of rotatable bonds is 7. The molecular formula is C18H18N4O3. The maximum atomic E-state index is 12.0. The van der Waals surface area contributed by atoms with E-state index in [2.05, 4.69) is 15.3 Å². The average Bonchev–Trinajstić information content (AvgIpc) is 3.17. The summed E-state index contributed by atoms with van der Waals surface area (Å²) in [5.41, 5.74) is 0.601. The molecule has 3 aromatic rings. The van der Waals surface area contributed by atoms with Crippen LogP contribution in [0.4, 0.5) is 5.69 Å². The number of amides is 1. The van der Waals surface area contributed by atoms with Crippen molar-refractivity contribution in [2.45, 2.75) is 6.92 Å². The van der Waals surface area contributed by atoms with Gasteiger partial charge in [0.25, 0.3) is 5.91 Å². The molecule has 0 aliphatic heterocycles. The summed E-state index contributed by atoms with van der Waals surface area (Å²) in [4.78, 5) is 20.2. The maximum Gasteiger partial charge on any atom is 0.262 e. The first-order valence-corrected chi connectivity index (χ1v) is 7.84. The molecule has 128 valence electrons. The monoisotopic (exact) mass is 338 g/mol. The molecule has 0 aliphatic rings. The van der Waals surface area contributed by atoms with Crippen molar-refractivity contribution in [3.63, 3.8) is 0 Å². The van der Waals surface area contributed by atoms with Crippen molar-refractivity contribution in [2.75, 3.05) is 18.5 Å². The quantitative estimate of drug-likeness (QED) is 0.716. The van der Waals surface area contributed by atoms with Crippen LogP contribution in [0.3, 0.4) is 0 Å². The van der Waals surface area contributed by atoms with Crippen LogP contribution in [0.15, 0.2) is 61.3 Å². The Morgan fingerprint density at radius 3 is 2.48 bits per heavy atom. The summed E-state index contributed by atoms with van der Waals surface area (Å²) < 4.78 is 12.6. The Kier molecular flexibility index (Phi) is 5.26. The number of nitrogens with zero attached hydrogens (tertiary/aromatic N) is 3. The molecular weight excluding hydrogens is 320 g/mol. The van der Waals surface area contributed by atoms with Crippen molar-refractivity contribution in [1.82, 2.24) is 14.5 Å². The highest BCUT2D eigenvalue weighted by atomic mass is 16.5. The van der Waals surface area contributed by atoms with E-state index in [0.717, 1.165) is 11.6 Å². The van der Waals surface area contributed by atoms with Gasteiger partial charge in [-0.15, -0.1) is 0 Å². The molecule has 0 spiro atoms. The molecule has 0 aliphatic carbocycles. The fourth-order valence-electron chi connectivity index (χ4n) is 2.15. The lowest BCUT2D eigenvalue weighted by molar-refractivity contribution is -0.118. The van der Waals surface area contributed by atoms with Crippen LogP contribution in [0, 0.1) is 0 Å². The average molecular weight is 338 g/mol. The van der Waals surface area contributed by atoms with Gasteiger partial charge in [-0.1, -0.05) is 0 Å². The minimum absolute atomic E-state index is 0.0861. The molecule has 0 fully saturated rings. The van der Waals surface area contributed by atoms with Gasteiger partial charge in [0.05, 0.1) is 18.5 Å². The Hall–Kier alpha value is -3.35. The number of pyridine rings is 1. The summed E-state index contributed by atoms with van der Waals surface area (Å²) in [5.74, 6) is 1.84. The highest BCUT2D eigenvalue weighted by Crippen LogP contribution is 2.17. The molecule has 0 unspecified atom stereocenters. The van der Waals surface area contributed by atoms with Crippen LogP contribution in [-0.2, 0) is 4.79 Å². The third kappa shape index (κ3) is 4.57. The van der Waals surface area contributed by atoms with Crippen LogP contribution in [0.5, 0.6) is 11.5 Å². The number of ether oxygens (including phenoxy) is 2. The predicted octanol–water partition coefficient (Wildman–Crippen LogP) is 2.68. The molecule has 0 bridgehead atoms. The lowest BCUT2D eigenvalue weighted by atomic mass is 10.3. The molecule has 2 heterocycles. The van der Waals surface area contributed by atoms with Gasteiger partial charge < -0.3 is 14.8 Å². The normalized spacial score (nSPS) is 10.3. The molecule has 0 atom stereocenters. The molecule has 0 radical (unpaired) electrons. The van der Waals surface area contributed by atoms with Gasteiger partial charge in [0, 0.05) is 12.4 Å². The van der Waals surface area contributed by atoms with Crippen LogP contribution in [0.25, 0.3) is 5.82 Å². The van der Waals surface area contributed by atoms with Crippen molar-refractivity contribution in [2.24, 2.45) is 0 Å². The van der Waals surface area contributed by atoms with Gasteiger partial charge in [-0.2, -0.15) is 0 Å². The van der Waals surface area contributed by atoms with Crippen LogP contribution >= 0.6 is 0 Å². The number of aromatic nitrogens is 3. The van der Waals surface area contributed by atoms with Gasteiger partial charge in [0.15, 0.2) is 6.61 Å². The number of imidazole rings is 1. The Balaban J connectivity index is 1.50. The Labute approximate surface area is 145 Å². The van der Waals surface area contributed by atoms with Crippen LogP contribution in [0.2, 0.25) is 0 Å². The fourth-order valence-corrected chi connectivity index (χ4v) is 2.15. The summed E-state index contributed by atoms with van der Waals surface area (Å²) in [6.07, 6.45) is 6.72. The van der Waals surface area contributed by atoms with E-state index in [1.54, 1.807) is 65.9 Å². The summed E-state index contributed by atoms with van der Waals surface area (Å²) in [5, 5.41) is 2.74. The number of nitrogens with one attached hydrogen (secondary N) is 1. The first kappa shape index (κ1) is 16.5. The molecule has 1 aromatic carbocycles. The lowest BCUT2D eigenvalue weighted by Crippen LogP contribution is -2.20. The van der Waals surface area contributed by atoms with Crippen molar-refractivity contribution < 1.29 is 14.3 Å². The van der Waals surface area contributed by atoms with Gasteiger partial charge in [-0.25, -0.2) is 9.97 Å². The second kappa shape index (κ2) is 7.96. The van der Waals surface area contributed by atoms with Gasteiger partial charge in [-0.05, 0) is 43.3 Å². The van der Waals surface area contributed by atoms with Crippen LogP contribution < -0.4 is 14.8 Å². The summed E-state index contributed by atoms with van der Waals surface area (Å²) in [6, 6.07) is 10.7. The zero-order valence-corrected chi connectivity index (χ0v) is 13.8. The third-order valence-electron chi connectivity index (χ3n) is 3.31. The number of anilines is 1. The fraction of sp³-hybridized carbons (Fsp3) is 0.167. The molecule has 1 amide bonds. The van der Waals surface area contributed by atoms with Gasteiger partial charge in [-0.3, -0.25) is 9.36 Å². The first-order chi connectivity index (χ1) is 12.2. The van der Waals surface area contributed by atoms with Crippen molar-refractivity contribution in [1.29, 1.82) is 0 Å². The van der Waals surface area contributed by atoms with Crippen LogP contribution in [-0.4, -0.2) is 33.7 Å². The van der Waals surface area contributed by atoms with Crippen molar-refractivity contribution in [3.05, 3.63) is 61.3 Å². The molecule has 0 saturated heterocycles. The Morgan fingerprint density at radius 1 is 1.12 bits per heavy atom. The Bertz CT molecular complexity index is 799. The maximum absolute atomic E-state index is 12.0. The lowest BCUT2D eigenvalue weighted by Gasteiger charge is -2.09. The highest BCUT2D eigenvalue weighted by molar-refractivity contribution is 5.91. The molecule has 25 heavy (non-hydrogen) atoms. The number of hydrogen-bond donors (Lipinski definition) is 1. The molecule has 7 nitrogen and oxygen atoms in total. The standard InChI is InChI=1S/C18H18N4O3/c1-2-24-15-4-6-16(7-5-15)25-12-18(23)21-14-3-8-17(20-11-14)22-10-9-19-13-22/h3-11,13H,2,12H2,1H3,(H,21,23). The summed E-state index contributed by atoms with van der Waals surface area (Å²) in [7, 11) is 0. The van der Waals surface area contributed by atoms with E-state index in [4.69, 9.17) is 9.47 Å². The highest BCUT2D eigenvalue weighted by Gasteiger charge is 2.05. The van der Waals surface area contributed by atoms with Gasteiger partial charge in [0.1, 0.15) is 23.6 Å². The van der Waals surface area contributed by atoms with E-state index >= 15 is 0 Å². The topological polar surface area (TPSA) is 78.3 Å². The third-order valence-corrected chi connectivity index (χ3v) is 3.31. The minimum Gasteiger partial charge on any atom is -0.494 e. The van der Waals surface area contributed by atoms with E-state index < -0.39 is 0 Å². The van der Waals surface area contributed by atoms with E-state index in [1.165, 1.54) is 0 Å². The number of hydrogen-bond acceptors (Lipinski definition) is 5. The van der Waals surface area contributed by atoms with E-state index in [1.807, 2.05) is 6.92 Å². The number of benzene rings is 1. The molecule has 2 aromatic heterocycles. The molecule has 1 N–H and O–H groups in total. The number of carbonyl (C=O) groups is 1. The van der Waals surface area contributed by atoms with E-state index in [0.29, 0.717) is 18.0 Å². The van der Waals surface area contributed by atoms with Crippen LogP contribution in [0.1, 0.15) is 6.92 Å². The first-order valence-electron chi connectivity index (χ1n) is 7.84. The molecule has 7 heteroatoms. The smallest absolute Gasteiger partial charge is 0.262 e. The minimum atomic E-state index is -0.258. The zero-order chi connectivity index (χ0) is 17.5. The SMILES string of the molecule is CCOc1ccc(OCC(=O)Nc2ccc(-n3ccnc3)nc2)cc1. The second-order valence-corrected chi connectivity index (χ2v) is 5.12. The van der Waals surface area contributed by atoms with Gasteiger partial charge >= 0.3 is 0 Å². The molecule has 0 saturated carbocycles. The van der Waals surface area contributed by atoms with E-state index in [9.17, 15) is 4.79 Å². The predicted molar refractivity (Wildman–Crippen MR) is 93.1 cm³/mol. The summed E-state index contributed by atoms with van der Waals surface area (Å²) in [6.45, 7) is 2.44. The van der Waals surface area contributed by atoms with Crippen molar-refractivity contribution >= 4 is 11.6 Å². The largest absolute Gasteiger partial charge is 0.494 e. The zero-order valence-electron chi connectivity index (χ0n) is 13.8. The second-order valence-electron chi connectivity index (χ2n) is 5.12. The Morgan fingerprint density at radius 2 is 1.88 bits per heavy atom. The van der Waals surface area contributed by atoms with Crippen molar-refractivity contribution in [3.8, 4) is 17.3 Å². The molecule has 3 rings (SSSR count). The van der Waals surface area contributed by atoms with E-state index in [-0.39, 0.29) is 12.5 Å². The van der Waals surface area contributed by atoms with Gasteiger partial charge in [0.2, 0.25) is 0 Å². The summed E-state index contributed by atoms with van der Waals surface area (Å²) >= 11 is 0.